The van der Waals surface area contributed by atoms with Crippen molar-refractivity contribution in [3.63, 3.8) is 0 Å². The quantitative estimate of drug-likeness (QED) is 0.631. The SMILES string of the molecule is Cc1cc(OCC(=O)N(C)C(C)c2ccncn2)c2c(C)c(C)c(=O)oc2c1. The van der Waals surface area contributed by atoms with Crippen LogP contribution < -0.4 is 10.4 Å². The molecule has 1 aromatic carbocycles. The zero-order valence-electron chi connectivity index (χ0n) is 16.6. The number of amides is 1. The number of aromatic nitrogens is 2. The maximum absolute atomic E-state index is 12.6. The Hall–Kier alpha value is -3.22. The molecule has 2 aromatic heterocycles. The van der Waals surface area contributed by atoms with Gasteiger partial charge in [0, 0.05) is 18.8 Å². The first kappa shape index (κ1) is 19.5. The molecule has 3 rings (SSSR count). The molecule has 2 heterocycles. The van der Waals surface area contributed by atoms with Crippen LogP contribution in [0.5, 0.6) is 5.75 Å². The van der Waals surface area contributed by atoms with Crippen LogP contribution in [0.4, 0.5) is 0 Å². The van der Waals surface area contributed by atoms with Crippen molar-refractivity contribution in [2.45, 2.75) is 33.7 Å². The number of rotatable bonds is 5. The number of benzene rings is 1. The fraction of sp³-hybridized carbons (Fsp3) is 0.333. The maximum Gasteiger partial charge on any atom is 0.339 e. The highest BCUT2D eigenvalue weighted by atomic mass is 16.5. The number of hydrogen-bond donors (Lipinski definition) is 0. The standard InChI is InChI=1S/C21H23N3O4/c1-12-8-17(20-13(2)14(3)21(26)28-18(20)9-12)27-10-19(25)24(5)15(4)16-6-7-22-11-23-16/h6-9,11,15H,10H2,1-5H3. The molecule has 28 heavy (non-hydrogen) atoms. The molecule has 0 spiro atoms. The molecule has 0 saturated carbocycles. The first-order chi connectivity index (χ1) is 13.3. The molecule has 0 fully saturated rings. The van der Waals surface area contributed by atoms with Gasteiger partial charge in [-0.05, 0) is 57.0 Å². The predicted octanol–water partition coefficient (Wildman–Crippen LogP) is 3.11. The topological polar surface area (TPSA) is 85.5 Å². The van der Waals surface area contributed by atoms with E-state index in [0.717, 1.165) is 16.8 Å². The van der Waals surface area contributed by atoms with Gasteiger partial charge in [-0.3, -0.25) is 4.79 Å². The molecule has 7 nitrogen and oxygen atoms in total. The molecule has 0 saturated heterocycles. The third-order valence-corrected chi connectivity index (χ3v) is 5.02. The van der Waals surface area contributed by atoms with Crippen LogP contribution in [0.1, 0.15) is 35.3 Å². The van der Waals surface area contributed by atoms with E-state index in [1.807, 2.05) is 26.8 Å². The van der Waals surface area contributed by atoms with E-state index >= 15 is 0 Å². The average Bonchev–Trinajstić information content (AvgIpc) is 2.69. The van der Waals surface area contributed by atoms with E-state index in [-0.39, 0.29) is 24.2 Å². The Balaban J connectivity index is 1.84. The Kier molecular flexibility index (Phi) is 5.44. The Labute approximate surface area is 163 Å². The molecule has 7 heteroatoms. The summed E-state index contributed by atoms with van der Waals surface area (Å²) in [5.41, 5.74) is 3.04. The molecule has 0 N–H and O–H groups in total. The van der Waals surface area contributed by atoms with Gasteiger partial charge in [-0.2, -0.15) is 0 Å². The van der Waals surface area contributed by atoms with Gasteiger partial charge in [0.15, 0.2) is 6.61 Å². The number of hydrogen-bond acceptors (Lipinski definition) is 6. The van der Waals surface area contributed by atoms with Gasteiger partial charge in [0.25, 0.3) is 5.91 Å². The Morgan fingerprint density at radius 2 is 2.00 bits per heavy atom. The number of likely N-dealkylation sites (N-methyl/N-ethyl adjacent to an activating group) is 1. The van der Waals surface area contributed by atoms with Gasteiger partial charge in [-0.15, -0.1) is 0 Å². The van der Waals surface area contributed by atoms with Crippen molar-refractivity contribution in [2.75, 3.05) is 13.7 Å². The molecule has 3 aromatic rings. The third kappa shape index (κ3) is 3.74. The summed E-state index contributed by atoms with van der Waals surface area (Å²) in [5.74, 6) is 0.336. The number of ether oxygens (including phenoxy) is 1. The number of carbonyl (C=O) groups excluding carboxylic acids is 1. The van der Waals surface area contributed by atoms with Gasteiger partial charge in [0.1, 0.15) is 17.7 Å². The van der Waals surface area contributed by atoms with Crippen LogP contribution in [0.2, 0.25) is 0 Å². The van der Waals surface area contributed by atoms with Crippen LogP contribution in [-0.4, -0.2) is 34.4 Å². The lowest BCUT2D eigenvalue weighted by Gasteiger charge is -2.24. The lowest BCUT2D eigenvalue weighted by atomic mass is 10.0. The molecular formula is C21H23N3O4. The van der Waals surface area contributed by atoms with Crippen LogP contribution in [0.3, 0.4) is 0 Å². The molecular weight excluding hydrogens is 358 g/mol. The average molecular weight is 381 g/mol. The normalized spacial score (nSPS) is 12.0. The maximum atomic E-state index is 12.6. The van der Waals surface area contributed by atoms with E-state index in [4.69, 9.17) is 9.15 Å². The fourth-order valence-corrected chi connectivity index (χ4v) is 3.01. The second-order valence-electron chi connectivity index (χ2n) is 6.88. The van der Waals surface area contributed by atoms with Crippen LogP contribution in [0, 0.1) is 20.8 Å². The van der Waals surface area contributed by atoms with Crippen LogP contribution >= 0.6 is 0 Å². The van der Waals surface area contributed by atoms with Gasteiger partial charge in [-0.1, -0.05) is 0 Å². The van der Waals surface area contributed by atoms with Gasteiger partial charge in [-0.25, -0.2) is 14.8 Å². The summed E-state index contributed by atoms with van der Waals surface area (Å²) in [6.45, 7) is 7.20. The second kappa shape index (κ2) is 7.80. The minimum absolute atomic E-state index is 0.137. The summed E-state index contributed by atoms with van der Waals surface area (Å²) < 4.78 is 11.3. The molecule has 146 valence electrons. The van der Waals surface area contributed by atoms with E-state index in [9.17, 15) is 9.59 Å². The van der Waals surface area contributed by atoms with E-state index < -0.39 is 0 Å². The van der Waals surface area contributed by atoms with Crippen LogP contribution in [0.15, 0.2) is 39.9 Å². The smallest absolute Gasteiger partial charge is 0.339 e. The summed E-state index contributed by atoms with van der Waals surface area (Å²) >= 11 is 0. The summed E-state index contributed by atoms with van der Waals surface area (Å²) in [4.78, 5) is 34.3. The molecule has 0 aliphatic rings. The van der Waals surface area contributed by atoms with Crippen molar-refractivity contribution < 1.29 is 13.9 Å². The Bertz CT molecular complexity index is 1080. The minimum atomic E-state index is -0.365. The highest BCUT2D eigenvalue weighted by Gasteiger charge is 2.20. The fourth-order valence-electron chi connectivity index (χ4n) is 3.01. The zero-order valence-corrected chi connectivity index (χ0v) is 16.6. The van der Waals surface area contributed by atoms with Gasteiger partial charge >= 0.3 is 5.63 Å². The molecule has 1 atom stereocenters. The number of aryl methyl sites for hydroxylation is 2. The second-order valence-corrected chi connectivity index (χ2v) is 6.88. The molecule has 1 unspecified atom stereocenters. The summed E-state index contributed by atoms with van der Waals surface area (Å²) in [5, 5.41) is 0.710. The highest BCUT2D eigenvalue weighted by molar-refractivity contribution is 5.88. The van der Waals surface area contributed by atoms with Gasteiger partial charge in [0.2, 0.25) is 0 Å². The van der Waals surface area contributed by atoms with Crippen molar-refractivity contribution in [1.29, 1.82) is 0 Å². The largest absolute Gasteiger partial charge is 0.483 e. The monoisotopic (exact) mass is 381 g/mol. The lowest BCUT2D eigenvalue weighted by Crippen LogP contribution is -2.34. The molecule has 0 bridgehead atoms. The van der Waals surface area contributed by atoms with Gasteiger partial charge < -0.3 is 14.1 Å². The first-order valence-corrected chi connectivity index (χ1v) is 8.98. The number of nitrogens with zero attached hydrogens (tertiary/aromatic N) is 3. The van der Waals surface area contributed by atoms with E-state index in [1.165, 1.54) is 6.33 Å². The van der Waals surface area contributed by atoms with E-state index in [0.29, 0.717) is 22.3 Å². The van der Waals surface area contributed by atoms with Crippen molar-refractivity contribution in [1.82, 2.24) is 14.9 Å². The molecule has 0 aliphatic carbocycles. The summed E-state index contributed by atoms with van der Waals surface area (Å²) in [6.07, 6.45) is 3.10. The predicted molar refractivity (Wildman–Crippen MR) is 105 cm³/mol. The number of fused-ring (bicyclic) bond motifs is 1. The van der Waals surface area contributed by atoms with Crippen molar-refractivity contribution in [2.24, 2.45) is 0 Å². The summed E-state index contributed by atoms with van der Waals surface area (Å²) in [6, 6.07) is 5.20. The molecule has 1 amide bonds. The minimum Gasteiger partial charge on any atom is -0.483 e. The Morgan fingerprint density at radius 1 is 1.25 bits per heavy atom. The van der Waals surface area contributed by atoms with E-state index in [2.05, 4.69) is 9.97 Å². The van der Waals surface area contributed by atoms with Crippen molar-refractivity contribution in [3.8, 4) is 5.75 Å². The first-order valence-electron chi connectivity index (χ1n) is 8.98. The molecule has 0 aliphatic heterocycles. The van der Waals surface area contributed by atoms with Crippen LogP contribution in [0.25, 0.3) is 11.0 Å². The van der Waals surface area contributed by atoms with Crippen molar-refractivity contribution >= 4 is 16.9 Å². The summed E-state index contributed by atoms with van der Waals surface area (Å²) in [7, 11) is 1.71. The highest BCUT2D eigenvalue weighted by Crippen LogP contribution is 2.31. The zero-order chi connectivity index (χ0) is 20.4. The molecule has 0 radical (unpaired) electrons. The lowest BCUT2D eigenvalue weighted by molar-refractivity contribution is -0.134. The van der Waals surface area contributed by atoms with Crippen molar-refractivity contribution in [3.05, 3.63) is 63.5 Å². The Morgan fingerprint density at radius 3 is 2.68 bits per heavy atom. The van der Waals surface area contributed by atoms with Gasteiger partial charge in [0.05, 0.1) is 17.1 Å². The van der Waals surface area contributed by atoms with E-state index in [1.54, 1.807) is 37.2 Å². The number of carbonyl (C=O) groups is 1. The van der Waals surface area contributed by atoms with Crippen LogP contribution in [-0.2, 0) is 4.79 Å². The third-order valence-electron chi connectivity index (χ3n) is 5.02.